The summed E-state index contributed by atoms with van der Waals surface area (Å²) < 4.78 is 5.00. The molecule has 1 aromatic rings. The number of rotatable bonds is 3. The summed E-state index contributed by atoms with van der Waals surface area (Å²) >= 11 is 0. The SMILES string of the molecule is O=C(NC1CC(=O)N(O)C1)OCc1ccccc1. The van der Waals surface area contributed by atoms with Crippen LogP contribution in [0.4, 0.5) is 4.79 Å². The lowest BCUT2D eigenvalue weighted by molar-refractivity contribution is -0.157. The van der Waals surface area contributed by atoms with Gasteiger partial charge in [0.05, 0.1) is 19.0 Å². The zero-order valence-corrected chi connectivity index (χ0v) is 9.70. The Hall–Kier alpha value is -2.08. The lowest BCUT2D eigenvalue weighted by Crippen LogP contribution is -2.36. The normalized spacial score (nSPS) is 18.8. The molecular formula is C12H14N2O4. The number of hydrogen-bond acceptors (Lipinski definition) is 4. The van der Waals surface area contributed by atoms with Gasteiger partial charge < -0.3 is 10.1 Å². The van der Waals surface area contributed by atoms with Crippen molar-refractivity contribution >= 4 is 12.0 Å². The number of carbonyl (C=O) groups is 2. The highest BCUT2D eigenvalue weighted by Gasteiger charge is 2.29. The number of nitrogens with one attached hydrogen (secondary N) is 1. The molecule has 2 N–H and O–H groups in total. The second kappa shape index (κ2) is 5.50. The van der Waals surface area contributed by atoms with Crippen LogP contribution >= 0.6 is 0 Å². The molecule has 6 heteroatoms. The van der Waals surface area contributed by atoms with Crippen molar-refractivity contribution in [2.24, 2.45) is 0 Å². The summed E-state index contributed by atoms with van der Waals surface area (Å²) in [5, 5.41) is 12.2. The fourth-order valence-corrected chi connectivity index (χ4v) is 1.72. The van der Waals surface area contributed by atoms with Gasteiger partial charge in [0.1, 0.15) is 6.61 Å². The van der Waals surface area contributed by atoms with Gasteiger partial charge in [-0.05, 0) is 5.56 Å². The van der Waals surface area contributed by atoms with Crippen LogP contribution in [0, 0.1) is 0 Å². The maximum Gasteiger partial charge on any atom is 0.407 e. The molecule has 1 aliphatic heterocycles. The summed E-state index contributed by atoms with van der Waals surface area (Å²) in [6.45, 7) is 0.273. The van der Waals surface area contributed by atoms with E-state index in [1.807, 2.05) is 30.3 Å². The molecule has 1 aliphatic rings. The van der Waals surface area contributed by atoms with Crippen molar-refractivity contribution < 1.29 is 19.5 Å². The minimum absolute atomic E-state index is 0.0942. The molecule has 1 aromatic carbocycles. The quantitative estimate of drug-likeness (QED) is 0.781. The second-order valence-corrected chi connectivity index (χ2v) is 4.08. The molecule has 1 unspecified atom stereocenters. The Morgan fingerprint density at radius 1 is 1.44 bits per heavy atom. The first-order valence-electron chi connectivity index (χ1n) is 5.61. The Bertz CT molecular complexity index is 435. The van der Waals surface area contributed by atoms with Crippen molar-refractivity contribution in [2.45, 2.75) is 19.1 Å². The molecule has 0 saturated carbocycles. The van der Waals surface area contributed by atoms with Gasteiger partial charge in [-0.15, -0.1) is 0 Å². The Morgan fingerprint density at radius 3 is 2.78 bits per heavy atom. The average molecular weight is 250 g/mol. The van der Waals surface area contributed by atoms with Crippen LogP contribution in [0.1, 0.15) is 12.0 Å². The second-order valence-electron chi connectivity index (χ2n) is 4.08. The Kier molecular flexibility index (Phi) is 3.78. The number of carbonyl (C=O) groups excluding carboxylic acids is 2. The van der Waals surface area contributed by atoms with E-state index in [0.29, 0.717) is 5.06 Å². The molecular weight excluding hydrogens is 236 g/mol. The molecule has 0 aromatic heterocycles. The molecule has 0 aliphatic carbocycles. The largest absolute Gasteiger partial charge is 0.445 e. The summed E-state index contributed by atoms with van der Waals surface area (Å²) in [7, 11) is 0. The van der Waals surface area contributed by atoms with E-state index in [4.69, 9.17) is 9.94 Å². The van der Waals surface area contributed by atoms with Crippen LogP contribution in [0.2, 0.25) is 0 Å². The van der Waals surface area contributed by atoms with Crippen molar-refractivity contribution in [1.82, 2.24) is 10.4 Å². The summed E-state index contributed by atoms with van der Waals surface area (Å²) in [6, 6.07) is 8.89. The molecule has 0 radical (unpaired) electrons. The number of hydroxylamine groups is 2. The fourth-order valence-electron chi connectivity index (χ4n) is 1.72. The van der Waals surface area contributed by atoms with Gasteiger partial charge in [-0.25, -0.2) is 9.86 Å². The lowest BCUT2D eigenvalue weighted by Gasteiger charge is -2.11. The smallest absolute Gasteiger partial charge is 0.407 e. The highest BCUT2D eigenvalue weighted by molar-refractivity contribution is 5.79. The molecule has 6 nitrogen and oxygen atoms in total. The number of benzene rings is 1. The fraction of sp³-hybridized carbons (Fsp3) is 0.333. The summed E-state index contributed by atoms with van der Waals surface area (Å²) in [5.41, 5.74) is 0.888. The maximum absolute atomic E-state index is 11.4. The molecule has 1 atom stereocenters. The highest BCUT2D eigenvalue weighted by atomic mass is 16.5. The van der Waals surface area contributed by atoms with Crippen LogP contribution in [0.3, 0.4) is 0 Å². The molecule has 1 heterocycles. The average Bonchev–Trinajstić information content (AvgIpc) is 2.67. The van der Waals surface area contributed by atoms with Crippen LogP contribution in [-0.2, 0) is 16.1 Å². The number of alkyl carbamates (subject to hydrolysis) is 1. The van der Waals surface area contributed by atoms with Crippen LogP contribution in [0.15, 0.2) is 30.3 Å². The van der Waals surface area contributed by atoms with E-state index in [-0.39, 0.29) is 19.6 Å². The topological polar surface area (TPSA) is 78.9 Å². The summed E-state index contributed by atoms with van der Waals surface area (Å²) in [4.78, 5) is 22.5. The number of amides is 2. The van der Waals surface area contributed by atoms with Crippen LogP contribution in [0.5, 0.6) is 0 Å². The standard InChI is InChI=1S/C12H14N2O4/c15-11-6-10(7-14(11)17)13-12(16)18-8-9-4-2-1-3-5-9/h1-5,10,17H,6-8H2,(H,13,16). The molecule has 2 amide bonds. The van der Waals surface area contributed by atoms with E-state index >= 15 is 0 Å². The van der Waals surface area contributed by atoms with E-state index < -0.39 is 18.0 Å². The van der Waals surface area contributed by atoms with E-state index in [2.05, 4.69) is 5.32 Å². The zero-order valence-electron chi connectivity index (χ0n) is 9.70. The van der Waals surface area contributed by atoms with Crippen molar-refractivity contribution in [2.75, 3.05) is 6.54 Å². The van der Waals surface area contributed by atoms with Gasteiger partial charge in [0.15, 0.2) is 0 Å². The molecule has 1 saturated heterocycles. The van der Waals surface area contributed by atoms with Gasteiger partial charge in [-0.1, -0.05) is 30.3 Å². The molecule has 0 bridgehead atoms. The minimum atomic E-state index is -0.591. The highest BCUT2D eigenvalue weighted by Crippen LogP contribution is 2.08. The Morgan fingerprint density at radius 2 is 2.17 bits per heavy atom. The van der Waals surface area contributed by atoms with E-state index in [9.17, 15) is 9.59 Å². The van der Waals surface area contributed by atoms with Gasteiger partial charge >= 0.3 is 6.09 Å². The first-order valence-corrected chi connectivity index (χ1v) is 5.61. The van der Waals surface area contributed by atoms with Crippen molar-refractivity contribution in [1.29, 1.82) is 0 Å². The summed E-state index contributed by atoms with van der Waals surface area (Å²) in [5.74, 6) is -0.400. The van der Waals surface area contributed by atoms with Crippen molar-refractivity contribution in [3.05, 3.63) is 35.9 Å². The predicted octanol–water partition coefficient (Wildman–Crippen LogP) is 0.903. The van der Waals surface area contributed by atoms with Crippen molar-refractivity contribution in [3.8, 4) is 0 Å². The van der Waals surface area contributed by atoms with Gasteiger partial charge in [-0.3, -0.25) is 10.0 Å². The first-order chi connectivity index (χ1) is 8.65. The van der Waals surface area contributed by atoms with Crippen LogP contribution in [-0.4, -0.2) is 34.9 Å². The third-order valence-corrected chi connectivity index (χ3v) is 2.64. The van der Waals surface area contributed by atoms with Gasteiger partial charge in [0.2, 0.25) is 5.91 Å². The predicted molar refractivity (Wildman–Crippen MR) is 61.7 cm³/mol. The van der Waals surface area contributed by atoms with E-state index in [1.54, 1.807) is 0 Å². The number of hydrogen-bond donors (Lipinski definition) is 2. The zero-order chi connectivity index (χ0) is 13.0. The Balaban J connectivity index is 1.75. The third-order valence-electron chi connectivity index (χ3n) is 2.64. The maximum atomic E-state index is 11.4. The van der Waals surface area contributed by atoms with Crippen LogP contribution in [0.25, 0.3) is 0 Å². The molecule has 96 valence electrons. The monoisotopic (exact) mass is 250 g/mol. The van der Waals surface area contributed by atoms with Gasteiger partial charge in [0, 0.05) is 0 Å². The van der Waals surface area contributed by atoms with Gasteiger partial charge in [-0.2, -0.15) is 0 Å². The third kappa shape index (κ3) is 3.21. The lowest BCUT2D eigenvalue weighted by atomic mass is 10.2. The van der Waals surface area contributed by atoms with Crippen molar-refractivity contribution in [3.63, 3.8) is 0 Å². The minimum Gasteiger partial charge on any atom is -0.445 e. The molecule has 1 fully saturated rings. The number of nitrogens with zero attached hydrogens (tertiary/aromatic N) is 1. The van der Waals surface area contributed by atoms with Gasteiger partial charge in [0.25, 0.3) is 0 Å². The first kappa shape index (κ1) is 12.4. The van der Waals surface area contributed by atoms with E-state index in [1.165, 1.54) is 0 Å². The Labute approximate surface area is 104 Å². The van der Waals surface area contributed by atoms with Crippen LogP contribution < -0.4 is 5.32 Å². The summed E-state index contributed by atoms with van der Waals surface area (Å²) in [6.07, 6.45) is -0.497. The molecule has 0 spiro atoms. The molecule has 18 heavy (non-hydrogen) atoms. The number of ether oxygens (including phenoxy) is 1. The van der Waals surface area contributed by atoms with E-state index in [0.717, 1.165) is 5.56 Å². The molecule has 2 rings (SSSR count).